The molecule has 1 aliphatic carbocycles. The quantitative estimate of drug-likeness (QED) is 0.757. The van der Waals surface area contributed by atoms with Gasteiger partial charge in [0.15, 0.2) is 5.75 Å². The molecule has 0 unspecified atom stereocenters. The van der Waals surface area contributed by atoms with E-state index in [1.165, 1.54) is 19.3 Å². The Bertz CT molecular complexity index is 483. The molecule has 0 spiro atoms. The third-order valence-electron chi connectivity index (χ3n) is 4.47. The monoisotopic (exact) mass is 311 g/mol. The van der Waals surface area contributed by atoms with Crippen LogP contribution in [-0.4, -0.2) is 7.11 Å². The Morgan fingerprint density at radius 1 is 1.14 bits per heavy atom. The molecule has 0 radical (unpaired) electrons. The summed E-state index contributed by atoms with van der Waals surface area (Å²) in [6.45, 7) is 6.21. The fraction of sp³-hybridized carbons (Fsp3) is 0.625. The average molecular weight is 311 g/mol. The lowest BCUT2D eigenvalue weighted by molar-refractivity contribution is -0.355. The van der Waals surface area contributed by atoms with E-state index in [-0.39, 0.29) is 5.92 Å². The van der Waals surface area contributed by atoms with Gasteiger partial charge in [-0.1, -0.05) is 45.4 Å². The van der Waals surface area contributed by atoms with Crippen molar-refractivity contribution in [3.8, 4) is 5.75 Å². The second kappa shape index (κ2) is 6.62. The molecule has 0 saturated heterocycles. The molecule has 0 N–H and O–H groups in total. The van der Waals surface area contributed by atoms with E-state index < -0.39 is 8.17 Å². The third kappa shape index (κ3) is 3.75. The molecular weight excluding hydrogens is 287 g/mol. The maximum atomic E-state index is 11.8. The summed E-state index contributed by atoms with van der Waals surface area (Å²) in [6, 6.07) is 5.88. The molecule has 5 heteroatoms. The van der Waals surface area contributed by atoms with Crippen LogP contribution in [0.1, 0.15) is 63.0 Å². The molecule has 0 heterocycles. The summed E-state index contributed by atoms with van der Waals surface area (Å²) in [5, 5.41) is 0. The van der Waals surface area contributed by atoms with E-state index in [9.17, 15) is 9.79 Å². The number of para-hydroxylation sites is 1. The summed E-state index contributed by atoms with van der Waals surface area (Å²) < 4.78 is 9.78. The first-order valence-electron chi connectivity index (χ1n) is 7.55. The van der Waals surface area contributed by atoms with Crippen molar-refractivity contribution in [3.05, 3.63) is 29.3 Å². The molecule has 21 heavy (non-hydrogen) atoms. The van der Waals surface area contributed by atoms with Gasteiger partial charge in [0.1, 0.15) is 0 Å². The third-order valence-corrected chi connectivity index (χ3v) is 5.33. The van der Waals surface area contributed by atoms with Gasteiger partial charge in [-0.15, -0.1) is 0 Å². The molecule has 0 aliphatic heterocycles. The molecule has 4 nitrogen and oxygen atoms in total. The standard InChI is InChI=1S/C16H25O4P/c1-11(2)14-9-6-10-15(12(3)13-7-5-8-13)16(14)20-21(17,18)19-4/h6,9-13H,5,7-8H2,1-4H3,(H,17,18)/p-1/t12-/m1/s1. The van der Waals surface area contributed by atoms with Crippen molar-refractivity contribution in [2.24, 2.45) is 5.92 Å². The Morgan fingerprint density at radius 3 is 2.24 bits per heavy atom. The lowest BCUT2D eigenvalue weighted by Crippen LogP contribution is -2.29. The number of phosphoric acid groups is 1. The van der Waals surface area contributed by atoms with Crippen LogP contribution in [0.2, 0.25) is 0 Å². The van der Waals surface area contributed by atoms with Crippen LogP contribution < -0.4 is 14.3 Å². The Kier molecular flexibility index (Phi) is 5.26. The van der Waals surface area contributed by atoms with Gasteiger partial charge in [0, 0.05) is 11.1 Å². The molecule has 1 saturated carbocycles. The van der Waals surface area contributed by atoms with Gasteiger partial charge in [-0.2, -0.15) is 0 Å². The highest BCUT2D eigenvalue weighted by Crippen LogP contribution is 2.50. The van der Waals surface area contributed by atoms with Crippen LogP contribution in [-0.2, 0) is 4.52 Å². The summed E-state index contributed by atoms with van der Waals surface area (Å²) >= 11 is 0. The molecule has 2 rings (SSSR count). The first kappa shape index (κ1) is 16.7. The molecular formula is C16H24O4P-. The second-order valence-corrected chi connectivity index (χ2v) is 7.56. The van der Waals surface area contributed by atoms with Crippen LogP contribution in [0.4, 0.5) is 0 Å². The largest absolute Gasteiger partial charge is 0.627 e. The SMILES string of the molecule is CO[P+]([O-])([O-])Oc1c(C(C)C)cccc1[C@H](C)C1CCC1. The minimum absolute atomic E-state index is 0.186. The summed E-state index contributed by atoms with van der Waals surface area (Å²) in [5.41, 5.74) is 1.88. The highest BCUT2D eigenvalue weighted by Gasteiger charge is 2.30. The van der Waals surface area contributed by atoms with Crippen molar-refractivity contribution >= 4 is 8.17 Å². The number of rotatable bonds is 6. The second-order valence-electron chi connectivity index (χ2n) is 6.12. The maximum absolute atomic E-state index is 11.8. The topological polar surface area (TPSA) is 64.6 Å². The van der Waals surface area contributed by atoms with Crippen molar-refractivity contribution < 1.29 is 18.8 Å². The number of hydrogen-bond acceptors (Lipinski definition) is 4. The van der Waals surface area contributed by atoms with E-state index in [0.29, 0.717) is 17.6 Å². The van der Waals surface area contributed by atoms with Gasteiger partial charge >= 0.3 is 0 Å². The lowest BCUT2D eigenvalue weighted by atomic mass is 9.73. The Labute approximate surface area is 127 Å². The predicted octanol–water partition coefficient (Wildman–Crippen LogP) is 3.14. The number of phosphoric ester groups is 1. The summed E-state index contributed by atoms with van der Waals surface area (Å²) in [4.78, 5) is 23.5. The summed E-state index contributed by atoms with van der Waals surface area (Å²) in [5.74, 6) is 1.56. The van der Waals surface area contributed by atoms with Gasteiger partial charge in [0.2, 0.25) is 8.17 Å². The van der Waals surface area contributed by atoms with E-state index in [1.807, 2.05) is 32.0 Å². The van der Waals surface area contributed by atoms with E-state index in [4.69, 9.17) is 4.52 Å². The summed E-state index contributed by atoms with van der Waals surface area (Å²) in [7, 11) is -3.17. The van der Waals surface area contributed by atoms with Gasteiger partial charge in [0.05, 0.1) is 7.11 Å². The van der Waals surface area contributed by atoms with E-state index in [1.54, 1.807) is 0 Å². The molecule has 1 aliphatic rings. The normalized spacial score (nSPS) is 17.7. The maximum Gasteiger partial charge on any atom is 0.247 e. The van der Waals surface area contributed by atoms with E-state index in [2.05, 4.69) is 11.4 Å². The predicted molar refractivity (Wildman–Crippen MR) is 80.8 cm³/mol. The molecule has 1 fully saturated rings. The highest BCUT2D eigenvalue weighted by molar-refractivity contribution is 7.51. The smallest absolute Gasteiger partial charge is 0.247 e. The van der Waals surface area contributed by atoms with Crippen LogP contribution in [0.5, 0.6) is 5.75 Å². The first-order valence-corrected chi connectivity index (χ1v) is 9.01. The molecule has 0 aromatic heterocycles. The van der Waals surface area contributed by atoms with Gasteiger partial charge < -0.3 is 14.3 Å². The number of benzene rings is 1. The van der Waals surface area contributed by atoms with Crippen molar-refractivity contribution in [3.63, 3.8) is 0 Å². The van der Waals surface area contributed by atoms with E-state index >= 15 is 0 Å². The average Bonchev–Trinajstić information content (AvgIpc) is 2.36. The minimum Gasteiger partial charge on any atom is -0.627 e. The zero-order chi connectivity index (χ0) is 15.6. The highest BCUT2D eigenvalue weighted by atomic mass is 31.2. The molecule has 0 amide bonds. The Hall–Kier alpha value is -0.670. The molecule has 0 bridgehead atoms. The summed E-state index contributed by atoms with van der Waals surface area (Å²) in [6.07, 6.45) is 3.66. The van der Waals surface area contributed by atoms with Gasteiger partial charge in [-0.05, 0) is 30.6 Å². The Balaban J connectivity index is 2.40. The van der Waals surface area contributed by atoms with Crippen molar-refractivity contribution in [1.82, 2.24) is 0 Å². The zero-order valence-electron chi connectivity index (χ0n) is 13.2. The number of hydrogen-bond donors (Lipinski definition) is 0. The van der Waals surface area contributed by atoms with Crippen LogP contribution in [0.3, 0.4) is 0 Å². The fourth-order valence-electron chi connectivity index (χ4n) is 2.83. The van der Waals surface area contributed by atoms with Gasteiger partial charge in [0.25, 0.3) is 0 Å². The van der Waals surface area contributed by atoms with Crippen LogP contribution in [0, 0.1) is 5.92 Å². The van der Waals surface area contributed by atoms with Gasteiger partial charge in [-0.25, -0.2) is 4.52 Å². The minimum atomic E-state index is -4.30. The van der Waals surface area contributed by atoms with Gasteiger partial charge in [-0.3, -0.25) is 0 Å². The van der Waals surface area contributed by atoms with Crippen molar-refractivity contribution in [2.75, 3.05) is 7.11 Å². The Morgan fingerprint density at radius 2 is 1.76 bits per heavy atom. The fourth-order valence-corrected chi connectivity index (χ4v) is 3.34. The molecule has 118 valence electrons. The van der Waals surface area contributed by atoms with Crippen LogP contribution in [0.15, 0.2) is 18.2 Å². The lowest BCUT2D eigenvalue weighted by Gasteiger charge is -2.35. The van der Waals surface area contributed by atoms with Crippen LogP contribution >= 0.6 is 8.17 Å². The molecule has 1 atom stereocenters. The molecule has 1 aromatic rings. The van der Waals surface area contributed by atoms with Crippen molar-refractivity contribution in [1.29, 1.82) is 0 Å². The van der Waals surface area contributed by atoms with Crippen molar-refractivity contribution in [2.45, 2.75) is 51.9 Å². The van der Waals surface area contributed by atoms with Crippen LogP contribution in [0.25, 0.3) is 0 Å². The first-order chi connectivity index (χ1) is 9.85. The zero-order valence-corrected chi connectivity index (χ0v) is 14.1. The van der Waals surface area contributed by atoms with E-state index in [0.717, 1.165) is 18.2 Å². The molecule has 1 aromatic carbocycles.